The molecule has 0 bridgehead atoms. The molecule has 0 amide bonds. The molecule has 1 aromatic carbocycles. The number of hydrogen-bond acceptors (Lipinski definition) is 10. The summed E-state index contributed by atoms with van der Waals surface area (Å²) < 4.78 is 38.0. The van der Waals surface area contributed by atoms with E-state index in [1.165, 1.54) is 6.33 Å². The number of ether oxygens (including phenoxy) is 2. The topological polar surface area (TPSA) is 160 Å². The van der Waals surface area contributed by atoms with Gasteiger partial charge in [0.25, 0.3) is 0 Å². The molecule has 2 unspecified atom stereocenters. The fourth-order valence-electron chi connectivity index (χ4n) is 4.51. The predicted molar refractivity (Wildman–Crippen MR) is 135 cm³/mol. The second-order valence-electron chi connectivity index (χ2n) is 9.23. The molecular weight excluding hydrogens is 501 g/mol. The normalized spacial score (nSPS) is 27.2. The highest BCUT2D eigenvalue weighted by atomic mass is 31.2. The number of nitrogens with one attached hydrogen (secondary N) is 1. The first-order valence-corrected chi connectivity index (χ1v) is 13.4. The number of benzene rings is 1. The Labute approximate surface area is 214 Å². The van der Waals surface area contributed by atoms with Crippen molar-refractivity contribution in [1.29, 1.82) is 0 Å². The molecule has 5 atom stereocenters. The minimum Gasteiger partial charge on any atom is -0.465 e. The number of aromatic nitrogens is 3. The van der Waals surface area contributed by atoms with E-state index in [1.54, 1.807) is 54.8 Å². The lowest BCUT2D eigenvalue weighted by molar-refractivity contribution is -0.141. The molecule has 1 aliphatic rings. The van der Waals surface area contributed by atoms with Gasteiger partial charge in [0.15, 0.2) is 5.82 Å². The number of aliphatic hydroxyl groups is 1. The monoisotopic (exact) mass is 533 g/mol. The zero-order valence-corrected chi connectivity index (χ0v) is 22.1. The average molecular weight is 534 g/mol. The number of carbonyl (C=O) groups excluding carboxylic acids is 1. The van der Waals surface area contributed by atoms with Crippen molar-refractivity contribution in [3.05, 3.63) is 54.5 Å². The fourth-order valence-corrected chi connectivity index (χ4v) is 5.86. The molecule has 37 heavy (non-hydrogen) atoms. The van der Waals surface area contributed by atoms with E-state index in [0.29, 0.717) is 17.0 Å². The average Bonchev–Trinajstić information content (AvgIpc) is 3.39. The summed E-state index contributed by atoms with van der Waals surface area (Å²) in [7, 11) is -4.09. The third kappa shape index (κ3) is 5.34. The first kappa shape index (κ1) is 27.0. The summed E-state index contributed by atoms with van der Waals surface area (Å²) in [6.07, 6.45) is 0.331. The van der Waals surface area contributed by atoms with Crippen molar-refractivity contribution in [2.24, 2.45) is 5.92 Å². The van der Waals surface area contributed by atoms with Gasteiger partial charge >= 0.3 is 13.7 Å². The summed E-state index contributed by atoms with van der Waals surface area (Å²) in [5.74, 6) is -0.449. The van der Waals surface area contributed by atoms with Crippen LogP contribution in [0.25, 0.3) is 5.52 Å². The molecule has 0 spiro atoms. The Morgan fingerprint density at radius 2 is 2.00 bits per heavy atom. The van der Waals surface area contributed by atoms with Crippen LogP contribution in [0.15, 0.2) is 48.8 Å². The van der Waals surface area contributed by atoms with E-state index in [-0.39, 0.29) is 19.0 Å². The molecule has 4 N–H and O–H groups in total. The number of anilines is 1. The van der Waals surface area contributed by atoms with Crippen molar-refractivity contribution < 1.29 is 33.0 Å². The number of fused-ring (bicyclic) bond motifs is 1. The summed E-state index contributed by atoms with van der Waals surface area (Å²) >= 11 is 0. The van der Waals surface area contributed by atoms with Crippen molar-refractivity contribution in [1.82, 2.24) is 19.7 Å². The molecule has 3 heterocycles. The molecule has 3 aromatic rings. The highest BCUT2D eigenvalue weighted by Gasteiger charge is 2.58. The summed E-state index contributed by atoms with van der Waals surface area (Å²) in [5, 5.41) is 18.1. The maximum atomic E-state index is 13.6. The minimum atomic E-state index is -4.09. The lowest BCUT2D eigenvalue weighted by Crippen LogP contribution is -2.43. The van der Waals surface area contributed by atoms with Crippen molar-refractivity contribution in [3.8, 4) is 5.75 Å². The number of nitrogen functional groups attached to an aromatic ring is 1. The molecule has 1 aliphatic heterocycles. The van der Waals surface area contributed by atoms with Crippen LogP contribution in [0.1, 0.15) is 33.4 Å². The van der Waals surface area contributed by atoms with Gasteiger partial charge < -0.3 is 24.8 Å². The van der Waals surface area contributed by atoms with Gasteiger partial charge in [-0.2, -0.15) is 5.10 Å². The van der Waals surface area contributed by atoms with Crippen LogP contribution in [-0.2, 0) is 29.0 Å². The fraction of sp³-hybridized carbons (Fsp3) is 0.458. The highest BCUT2D eigenvalue weighted by molar-refractivity contribution is 7.52. The van der Waals surface area contributed by atoms with Crippen LogP contribution in [0.5, 0.6) is 5.75 Å². The maximum Gasteiger partial charge on any atom is 0.459 e. The van der Waals surface area contributed by atoms with Gasteiger partial charge in [-0.25, -0.2) is 19.2 Å². The number of nitrogens with two attached hydrogens (primary N) is 1. The molecular formula is C24H32N5O7P. The number of rotatable bonds is 10. The number of hydrogen-bond donors (Lipinski definition) is 3. The Kier molecular flexibility index (Phi) is 7.59. The summed E-state index contributed by atoms with van der Waals surface area (Å²) in [6.45, 7) is 6.48. The maximum absolute atomic E-state index is 13.6. The second-order valence-corrected chi connectivity index (χ2v) is 11.0. The zero-order chi connectivity index (χ0) is 26.8. The van der Waals surface area contributed by atoms with Gasteiger partial charge in [0.05, 0.1) is 25.0 Å². The Balaban J connectivity index is 1.57. The molecule has 1 fully saturated rings. The number of para-hydroxylation sites is 1. The standard InChI is InChI=1S/C24H32N5O7P/c1-5-33-20(30)13-28-37(32,35-17-9-7-6-8-10-17)34-14-23(3)21(31)16(2)24(4,36-23)19-12-11-18-22(25)26-15-27-29(18)19/h6-12,15-16,21,31H,5,13-14H2,1-4H3,(H,28,32)(H2,25,26,27)/t16-,21-,23?,24+,37?/m0/s1. The molecule has 200 valence electrons. The van der Waals surface area contributed by atoms with Crippen LogP contribution < -0.4 is 15.3 Å². The molecule has 0 saturated carbocycles. The van der Waals surface area contributed by atoms with Crippen LogP contribution in [0, 0.1) is 5.92 Å². The highest BCUT2D eigenvalue weighted by Crippen LogP contribution is 2.52. The summed E-state index contributed by atoms with van der Waals surface area (Å²) in [6, 6.07) is 12.0. The quantitative estimate of drug-likeness (QED) is 0.260. The van der Waals surface area contributed by atoms with Crippen LogP contribution in [0.2, 0.25) is 0 Å². The van der Waals surface area contributed by atoms with E-state index in [1.807, 2.05) is 19.9 Å². The third-order valence-electron chi connectivity index (χ3n) is 6.62. The van der Waals surface area contributed by atoms with E-state index in [0.717, 1.165) is 0 Å². The van der Waals surface area contributed by atoms with Crippen LogP contribution >= 0.6 is 7.75 Å². The second kappa shape index (κ2) is 10.4. The third-order valence-corrected chi connectivity index (χ3v) is 8.08. The molecule has 4 rings (SSSR count). The van der Waals surface area contributed by atoms with Crippen molar-refractivity contribution in [2.45, 2.75) is 45.0 Å². The van der Waals surface area contributed by atoms with Crippen LogP contribution in [0.4, 0.5) is 5.82 Å². The van der Waals surface area contributed by atoms with Gasteiger partial charge in [-0.3, -0.25) is 9.32 Å². The lowest BCUT2D eigenvalue weighted by Gasteiger charge is -2.32. The minimum absolute atomic E-state index is 0.171. The van der Waals surface area contributed by atoms with E-state index in [4.69, 9.17) is 24.3 Å². The SMILES string of the molecule is CCOC(=O)CNP(=O)(OCC1(C)O[C@@](C)(c2ccc3c(N)ncnn23)[C@@H](C)[C@@H]1O)Oc1ccccc1. The van der Waals surface area contributed by atoms with E-state index < -0.39 is 43.5 Å². The first-order valence-electron chi connectivity index (χ1n) is 11.9. The van der Waals surface area contributed by atoms with Crippen molar-refractivity contribution in [3.63, 3.8) is 0 Å². The van der Waals surface area contributed by atoms with Gasteiger partial charge in [-0.15, -0.1) is 0 Å². The van der Waals surface area contributed by atoms with Crippen molar-refractivity contribution >= 4 is 25.1 Å². The Hall–Kier alpha value is -3.02. The molecule has 1 saturated heterocycles. The van der Waals surface area contributed by atoms with Crippen LogP contribution in [-0.4, -0.2) is 57.1 Å². The number of aliphatic hydroxyl groups excluding tert-OH is 1. The lowest BCUT2D eigenvalue weighted by atomic mass is 9.83. The largest absolute Gasteiger partial charge is 0.465 e. The molecule has 13 heteroatoms. The van der Waals surface area contributed by atoms with Crippen molar-refractivity contribution in [2.75, 3.05) is 25.5 Å². The Bertz CT molecular complexity index is 1310. The Morgan fingerprint density at radius 1 is 1.27 bits per heavy atom. The van der Waals surface area contributed by atoms with E-state index in [2.05, 4.69) is 15.2 Å². The van der Waals surface area contributed by atoms with Crippen LogP contribution in [0.3, 0.4) is 0 Å². The van der Waals surface area contributed by atoms with Gasteiger partial charge in [0.1, 0.15) is 35.3 Å². The smallest absolute Gasteiger partial charge is 0.459 e. The Morgan fingerprint density at radius 3 is 2.70 bits per heavy atom. The molecule has 0 aliphatic carbocycles. The first-order chi connectivity index (χ1) is 17.5. The molecule has 2 aromatic heterocycles. The van der Waals surface area contributed by atoms with Gasteiger partial charge in [-0.1, -0.05) is 25.1 Å². The molecule has 12 nitrogen and oxygen atoms in total. The van der Waals surface area contributed by atoms with Gasteiger partial charge in [0.2, 0.25) is 0 Å². The summed E-state index contributed by atoms with van der Waals surface area (Å²) in [5.41, 5.74) is 4.96. The van der Waals surface area contributed by atoms with Gasteiger partial charge in [-0.05, 0) is 45.0 Å². The molecule has 0 radical (unpaired) electrons. The van der Waals surface area contributed by atoms with Gasteiger partial charge in [0, 0.05) is 5.92 Å². The van der Waals surface area contributed by atoms with E-state index in [9.17, 15) is 14.5 Å². The number of nitrogens with zero attached hydrogens (tertiary/aromatic N) is 3. The predicted octanol–water partition coefficient (Wildman–Crippen LogP) is 2.67. The summed E-state index contributed by atoms with van der Waals surface area (Å²) in [4.78, 5) is 15.9. The number of esters is 1. The zero-order valence-electron chi connectivity index (χ0n) is 21.2. The van der Waals surface area contributed by atoms with E-state index >= 15 is 0 Å². The number of carbonyl (C=O) groups is 1.